The van der Waals surface area contributed by atoms with Crippen molar-refractivity contribution in [2.45, 2.75) is 32.9 Å². The van der Waals surface area contributed by atoms with E-state index in [0.717, 1.165) is 23.7 Å². The fraction of sp³-hybridized carbons (Fsp3) is 0.417. The Balaban J connectivity index is 1.93. The molecule has 0 aromatic carbocycles. The zero-order valence-corrected chi connectivity index (χ0v) is 10.4. The maximum atomic E-state index is 5.40. The fourth-order valence-electron chi connectivity index (χ4n) is 1.63. The van der Waals surface area contributed by atoms with Gasteiger partial charge in [-0.15, -0.1) is 11.3 Å². The minimum atomic E-state index is 0.277. The Morgan fingerprint density at radius 3 is 3.00 bits per heavy atom. The van der Waals surface area contributed by atoms with Gasteiger partial charge in [-0.25, -0.2) is 4.98 Å². The molecular weight excluding hydrogens is 220 g/mol. The summed E-state index contributed by atoms with van der Waals surface area (Å²) in [6.07, 6.45) is 4.64. The van der Waals surface area contributed by atoms with Crippen LogP contribution in [0.1, 0.15) is 35.0 Å². The third kappa shape index (κ3) is 2.71. The van der Waals surface area contributed by atoms with Gasteiger partial charge in [0.05, 0.1) is 12.3 Å². The zero-order valence-electron chi connectivity index (χ0n) is 9.56. The largest absolute Gasteiger partial charge is 0.468 e. The molecule has 0 saturated heterocycles. The number of nitrogens with one attached hydrogen (secondary N) is 1. The fourth-order valence-corrected chi connectivity index (χ4v) is 2.37. The number of hydrogen-bond acceptors (Lipinski definition) is 4. The van der Waals surface area contributed by atoms with Gasteiger partial charge in [-0.2, -0.15) is 0 Å². The van der Waals surface area contributed by atoms with Crippen molar-refractivity contribution in [2.24, 2.45) is 0 Å². The van der Waals surface area contributed by atoms with Gasteiger partial charge in [0.2, 0.25) is 0 Å². The molecule has 4 heteroatoms. The standard InChI is InChI=1S/C12H16N2OS/c1-3-10(11-5-4-6-15-11)13-8-12-14-7-9(2)16-12/h4-7,10,13H,3,8H2,1-2H3. The van der Waals surface area contributed by atoms with Gasteiger partial charge in [-0.1, -0.05) is 6.92 Å². The highest BCUT2D eigenvalue weighted by Gasteiger charge is 2.11. The number of aryl methyl sites for hydroxylation is 1. The van der Waals surface area contributed by atoms with E-state index in [1.807, 2.05) is 18.3 Å². The van der Waals surface area contributed by atoms with Crippen LogP contribution in [0.5, 0.6) is 0 Å². The molecule has 0 fully saturated rings. The summed E-state index contributed by atoms with van der Waals surface area (Å²) >= 11 is 1.73. The van der Waals surface area contributed by atoms with E-state index in [0.29, 0.717) is 0 Å². The lowest BCUT2D eigenvalue weighted by atomic mass is 10.2. The molecule has 2 rings (SSSR count). The summed E-state index contributed by atoms with van der Waals surface area (Å²) in [5, 5.41) is 4.58. The Morgan fingerprint density at radius 1 is 1.56 bits per heavy atom. The minimum absolute atomic E-state index is 0.277. The van der Waals surface area contributed by atoms with E-state index in [2.05, 4.69) is 24.1 Å². The van der Waals surface area contributed by atoms with Crippen molar-refractivity contribution in [1.82, 2.24) is 10.3 Å². The molecular formula is C12H16N2OS. The predicted molar refractivity (Wildman–Crippen MR) is 65.4 cm³/mol. The molecule has 0 bridgehead atoms. The summed E-state index contributed by atoms with van der Waals surface area (Å²) in [7, 11) is 0. The van der Waals surface area contributed by atoms with Crippen molar-refractivity contribution in [3.8, 4) is 0 Å². The maximum Gasteiger partial charge on any atom is 0.120 e. The van der Waals surface area contributed by atoms with Gasteiger partial charge < -0.3 is 9.73 Å². The summed E-state index contributed by atoms with van der Waals surface area (Å²) in [4.78, 5) is 5.58. The monoisotopic (exact) mass is 236 g/mol. The van der Waals surface area contributed by atoms with Crippen molar-refractivity contribution < 1.29 is 4.42 Å². The van der Waals surface area contributed by atoms with Gasteiger partial charge in [0.15, 0.2) is 0 Å². The molecule has 0 amide bonds. The molecule has 0 radical (unpaired) electrons. The lowest BCUT2D eigenvalue weighted by molar-refractivity contribution is 0.403. The molecule has 2 aromatic heterocycles. The molecule has 0 aliphatic carbocycles. The summed E-state index contributed by atoms with van der Waals surface area (Å²) in [6, 6.07) is 4.21. The second kappa shape index (κ2) is 5.27. The first-order valence-electron chi connectivity index (χ1n) is 5.47. The first-order chi connectivity index (χ1) is 7.79. The van der Waals surface area contributed by atoms with E-state index in [4.69, 9.17) is 4.42 Å². The average molecular weight is 236 g/mol. The van der Waals surface area contributed by atoms with Crippen LogP contribution in [0, 0.1) is 6.92 Å². The second-order valence-electron chi connectivity index (χ2n) is 3.72. The van der Waals surface area contributed by atoms with Crippen molar-refractivity contribution in [1.29, 1.82) is 0 Å². The SMILES string of the molecule is CCC(NCc1ncc(C)s1)c1ccco1. The average Bonchev–Trinajstić information content (AvgIpc) is 2.91. The van der Waals surface area contributed by atoms with Crippen molar-refractivity contribution in [3.05, 3.63) is 40.2 Å². The first kappa shape index (κ1) is 11.4. The summed E-state index contributed by atoms with van der Waals surface area (Å²) in [5.41, 5.74) is 0. The smallest absolute Gasteiger partial charge is 0.120 e. The van der Waals surface area contributed by atoms with Gasteiger partial charge in [0.25, 0.3) is 0 Å². The van der Waals surface area contributed by atoms with Crippen LogP contribution in [0.4, 0.5) is 0 Å². The van der Waals surface area contributed by atoms with E-state index in [-0.39, 0.29) is 6.04 Å². The molecule has 0 saturated carbocycles. The highest BCUT2D eigenvalue weighted by atomic mass is 32.1. The van der Waals surface area contributed by atoms with Crippen LogP contribution in [0.15, 0.2) is 29.0 Å². The highest BCUT2D eigenvalue weighted by molar-refractivity contribution is 7.11. The zero-order chi connectivity index (χ0) is 11.4. The Morgan fingerprint density at radius 2 is 2.44 bits per heavy atom. The molecule has 3 nitrogen and oxygen atoms in total. The Bertz CT molecular complexity index is 422. The highest BCUT2D eigenvalue weighted by Crippen LogP contribution is 2.18. The van der Waals surface area contributed by atoms with E-state index in [1.165, 1.54) is 4.88 Å². The molecule has 1 N–H and O–H groups in total. The molecule has 1 atom stereocenters. The normalized spacial score (nSPS) is 12.9. The van der Waals surface area contributed by atoms with Crippen LogP contribution in [-0.4, -0.2) is 4.98 Å². The number of nitrogens with zero attached hydrogens (tertiary/aromatic N) is 1. The Labute approximate surface area is 99.5 Å². The van der Waals surface area contributed by atoms with Crippen LogP contribution in [0.2, 0.25) is 0 Å². The quantitative estimate of drug-likeness (QED) is 0.865. The lowest BCUT2D eigenvalue weighted by Gasteiger charge is -2.13. The Kier molecular flexibility index (Phi) is 3.74. The van der Waals surface area contributed by atoms with Crippen LogP contribution >= 0.6 is 11.3 Å². The molecule has 86 valence electrons. The maximum absolute atomic E-state index is 5.40. The lowest BCUT2D eigenvalue weighted by Crippen LogP contribution is -2.19. The second-order valence-corrected chi connectivity index (χ2v) is 5.04. The van der Waals surface area contributed by atoms with Gasteiger partial charge >= 0.3 is 0 Å². The third-order valence-electron chi connectivity index (χ3n) is 2.46. The first-order valence-corrected chi connectivity index (χ1v) is 6.29. The number of thiazole rings is 1. The predicted octanol–water partition coefficient (Wildman–Crippen LogP) is 3.29. The molecule has 0 aliphatic rings. The minimum Gasteiger partial charge on any atom is -0.468 e. The molecule has 0 spiro atoms. The van der Waals surface area contributed by atoms with E-state index in [1.54, 1.807) is 17.6 Å². The number of hydrogen-bond donors (Lipinski definition) is 1. The van der Waals surface area contributed by atoms with Crippen molar-refractivity contribution >= 4 is 11.3 Å². The van der Waals surface area contributed by atoms with Crippen LogP contribution < -0.4 is 5.32 Å². The van der Waals surface area contributed by atoms with Crippen LogP contribution in [0.25, 0.3) is 0 Å². The third-order valence-corrected chi connectivity index (χ3v) is 3.38. The number of furan rings is 1. The topological polar surface area (TPSA) is 38.1 Å². The van der Waals surface area contributed by atoms with Crippen LogP contribution in [-0.2, 0) is 6.54 Å². The van der Waals surface area contributed by atoms with Crippen molar-refractivity contribution in [2.75, 3.05) is 0 Å². The molecule has 16 heavy (non-hydrogen) atoms. The van der Waals surface area contributed by atoms with Gasteiger partial charge in [-0.05, 0) is 25.5 Å². The van der Waals surface area contributed by atoms with E-state index in [9.17, 15) is 0 Å². The molecule has 2 heterocycles. The summed E-state index contributed by atoms with van der Waals surface area (Å²) in [5.74, 6) is 0.996. The molecule has 1 unspecified atom stereocenters. The van der Waals surface area contributed by atoms with Crippen LogP contribution in [0.3, 0.4) is 0 Å². The summed E-state index contributed by atoms with van der Waals surface area (Å²) < 4.78 is 5.40. The van der Waals surface area contributed by atoms with Gasteiger partial charge in [-0.3, -0.25) is 0 Å². The summed E-state index contributed by atoms with van der Waals surface area (Å²) in [6.45, 7) is 5.02. The Hall–Kier alpha value is -1.13. The number of rotatable bonds is 5. The number of aromatic nitrogens is 1. The van der Waals surface area contributed by atoms with Gasteiger partial charge in [0.1, 0.15) is 10.8 Å². The molecule has 2 aromatic rings. The van der Waals surface area contributed by atoms with E-state index < -0.39 is 0 Å². The van der Waals surface area contributed by atoms with Crippen molar-refractivity contribution in [3.63, 3.8) is 0 Å². The van der Waals surface area contributed by atoms with Gasteiger partial charge in [0, 0.05) is 17.6 Å². The molecule has 0 aliphatic heterocycles. The van der Waals surface area contributed by atoms with E-state index >= 15 is 0 Å².